The van der Waals surface area contributed by atoms with E-state index in [0.29, 0.717) is 12.6 Å². The summed E-state index contributed by atoms with van der Waals surface area (Å²) in [5, 5.41) is 15.3. The van der Waals surface area contributed by atoms with Crippen LogP contribution in [-0.2, 0) is 0 Å². The van der Waals surface area contributed by atoms with Gasteiger partial charge in [-0.05, 0) is 50.7 Å². The predicted molar refractivity (Wildman–Crippen MR) is 111 cm³/mol. The van der Waals surface area contributed by atoms with Gasteiger partial charge in [0, 0.05) is 24.5 Å². The second-order valence-corrected chi connectivity index (χ2v) is 7.34. The number of halogens is 1. The van der Waals surface area contributed by atoms with Gasteiger partial charge in [0.05, 0.1) is 18.7 Å². The average Bonchev–Trinajstić information content (AvgIpc) is 3.29. The highest BCUT2D eigenvalue weighted by atomic mass is 127. The molecule has 3 heterocycles. The summed E-state index contributed by atoms with van der Waals surface area (Å²) in [7, 11) is 0. The van der Waals surface area contributed by atoms with Crippen LogP contribution in [0.5, 0.6) is 0 Å². The van der Waals surface area contributed by atoms with Crippen molar-refractivity contribution in [1.29, 1.82) is 0 Å². The number of aliphatic hydroxyl groups excluding tert-OH is 1. The Hall–Kier alpha value is -0.380. The fraction of sp³-hybridized carbons (Fsp3) is 0.706. The lowest BCUT2D eigenvalue weighted by molar-refractivity contribution is 0.187. The van der Waals surface area contributed by atoms with E-state index in [9.17, 15) is 5.11 Å². The van der Waals surface area contributed by atoms with Crippen LogP contribution in [0.4, 0.5) is 0 Å². The van der Waals surface area contributed by atoms with E-state index in [4.69, 9.17) is 4.99 Å². The van der Waals surface area contributed by atoms with Gasteiger partial charge in [-0.15, -0.1) is 35.3 Å². The van der Waals surface area contributed by atoms with E-state index in [2.05, 4.69) is 39.6 Å². The van der Waals surface area contributed by atoms with Crippen molar-refractivity contribution < 1.29 is 5.11 Å². The van der Waals surface area contributed by atoms with Gasteiger partial charge in [-0.25, -0.2) is 0 Å². The number of β-amino-alcohol motifs (C(OH)–C–C–N with tert-alkyl or cyclic N) is 1. The van der Waals surface area contributed by atoms with E-state index in [-0.39, 0.29) is 30.1 Å². The number of hydrogen-bond acceptors (Lipinski definition) is 4. The molecule has 0 amide bonds. The highest BCUT2D eigenvalue weighted by Crippen LogP contribution is 2.28. The molecule has 1 aromatic heterocycles. The van der Waals surface area contributed by atoms with Crippen molar-refractivity contribution in [2.45, 2.75) is 38.3 Å². The number of hydrogen-bond donors (Lipinski definition) is 2. The third-order valence-electron chi connectivity index (χ3n) is 4.66. The molecule has 7 heteroatoms. The second kappa shape index (κ2) is 9.94. The Morgan fingerprint density at radius 2 is 2.21 bits per heavy atom. The van der Waals surface area contributed by atoms with Gasteiger partial charge in [0.1, 0.15) is 0 Å². The zero-order chi connectivity index (χ0) is 16.1. The normalized spacial score (nSPS) is 23.3. The van der Waals surface area contributed by atoms with Gasteiger partial charge in [0.25, 0.3) is 0 Å². The molecule has 24 heavy (non-hydrogen) atoms. The molecule has 3 rings (SSSR count). The summed E-state index contributed by atoms with van der Waals surface area (Å²) in [5.74, 6) is 0.949. The van der Waals surface area contributed by atoms with Crippen LogP contribution in [0, 0.1) is 0 Å². The summed E-state index contributed by atoms with van der Waals surface area (Å²) < 4.78 is 0. The Bertz CT molecular complexity index is 505. The average molecular weight is 464 g/mol. The maximum atomic E-state index is 9.79. The third-order valence-corrected chi connectivity index (χ3v) is 5.64. The van der Waals surface area contributed by atoms with Gasteiger partial charge in [-0.3, -0.25) is 9.89 Å². The molecule has 2 aliphatic heterocycles. The van der Waals surface area contributed by atoms with Crippen LogP contribution in [0.2, 0.25) is 0 Å². The Balaban J connectivity index is 0.00000208. The van der Waals surface area contributed by atoms with Gasteiger partial charge in [0.15, 0.2) is 5.96 Å². The van der Waals surface area contributed by atoms with Crippen LogP contribution in [0.3, 0.4) is 0 Å². The first-order valence-electron chi connectivity index (χ1n) is 8.76. The third kappa shape index (κ3) is 5.06. The molecule has 2 fully saturated rings. The highest BCUT2D eigenvalue weighted by Gasteiger charge is 2.26. The lowest BCUT2D eigenvalue weighted by Gasteiger charge is -2.27. The van der Waals surface area contributed by atoms with Crippen molar-refractivity contribution in [3.05, 3.63) is 22.4 Å². The molecule has 0 radical (unpaired) electrons. The predicted octanol–water partition coefficient (Wildman–Crippen LogP) is 2.54. The number of rotatable bonds is 5. The molecule has 0 aromatic carbocycles. The smallest absolute Gasteiger partial charge is 0.194 e. The Labute approximate surface area is 166 Å². The molecule has 136 valence electrons. The molecule has 0 spiro atoms. The Morgan fingerprint density at radius 1 is 1.42 bits per heavy atom. The van der Waals surface area contributed by atoms with Crippen LogP contribution in [0.25, 0.3) is 0 Å². The van der Waals surface area contributed by atoms with Gasteiger partial charge in [-0.2, -0.15) is 0 Å². The summed E-state index contributed by atoms with van der Waals surface area (Å²) in [6.45, 7) is 7.68. The van der Waals surface area contributed by atoms with E-state index >= 15 is 0 Å². The molecule has 2 atom stereocenters. The maximum absolute atomic E-state index is 9.79. The summed E-state index contributed by atoms with van der Waals surface area (Å²) in [4.78, 5) is 11.1. The number of thiophene rings is 1. The second-order valence-electron chi connectivity index (χ2n) is 6.36. The van der Waals surface area contributed by atoms with Gasteiger partial charge < -0.3 is 15.3 Å². The summed E-state index contributed by atoms with van der Waals surface area (Å²) in [6, 6.07) is 4.75. The van der Waals surface area contributed by atoms with Crippen LogP contribution in [0.1, 0.15) is 37.1 Å². The topological polar surface area (TPSA) is 51.1 Å². The lowest BCUT2D eigenvalue weighted by Crippen LogP contribution is -2.41. The van der Waals surface area contributed by atoms with Crippen molar-refractivity contribution in [2.24, 2.45) is 4.99 Å². The van der Waals surface area contributed by atoms with Crippen LogP contribution < -0.4 is 5.32 Å². The minimum atomic E-state index is -0.217. The maximum Gasteiger partial charge on any atom is 0.194 e. The fourth-order valence-corrected chi connectivity index (χ4v) is 4.30. The van der Waals surface area contributed by atoms with Gasteiger partial charge in [-0.1, -0.05) is 6.07 Å². The molecular formula is C17H29IN4OS. The summed E-state index contributed by atoms with van der Waals surface area (Å²) >= 11 is 1.83. The molecule has 2 N–H and O–H groups in total. The number of nitrogens with zero attached hydrogens (tertiary/aromatic N) is 3. The first kappa shape index (κ1) is 19.9. The largest absolute Gasteiger partial charge is 0.391 e. The molecule has 2 aliphatic rings. The number of aliphatic hydroxyl groups is 1. The molecule has 0 bridgehead atoms. The van der Waals surface area contributed by atoms with Crippen LogP contribution in [0.15, 0.2) is 22.5 Å². The lowest BCUT2D eigenvalue weighted by atomic mass is 10.2. The molecule has 2 saturated heterocycles. The summed E-state index contributed by atoms with van der Waals surface area (Å²) in [6.07, 6.45) is 3.21. The quantitative estimate of drug-likeness (QED) is 0.400. The number of aliphatic imine (C=N–C) groups is 1. The molecule has 0 aliphatic carbocycles. The van der Waals surface area contributed by atoms with Crippen LogP contribution >= 0.6 is 35.3 Å². The van der Waals surface area contributed by atoms with E-state index < -0.39 is 0 Å². The SMILES string of the molecule is CCNC(=NCC(c1cccs1)N1CCCC1)N1CC[C@@H](O)C1.I. The zero-order valence-corrected chi connectivity index (χ0v) is 17.5. The molecule has 1 aromatic rings. The van der Waals surface area contributed by atoms with Gasteiger partial charge in [0.2, 0.25) is 0 Å². The minimum absolute atomic E-state index is 0. The van der Waals surface area contributed by atoms with E-state index in [1.807, 2.05) is 11.3 Å². The van der Waals surface area contributed by atoms with Crippen molar-refractivity contribution in [3.63, 3.8) is 0 Å². The number of likely N-dealkylation sites (tertiary alicyclic amines) is 2. The Morgan fingerprint density at radius 3 is 2.79 bits per heavy atom. The number of nitrogens with one attached hydrogen (secondary N) is 1. The number of guanidine groups is 1. The van der Waals surface area contributed by atoms with E-state index in [1.54, 1.807) is 0 Å². The fourth-order valence-electron chi connectivity index (χ4n) is 3.45. The molecule has 0 saturated carbocycles. The molecule has 5 nitrogen and oxygen atoms in total. The van der Waals surface area contributed by atoms with Crippen molar-refractivity contribution in [2.75, 3.05) is 39.3 Å². The van der Waals surface area contributed by atoms with Crippen molar-refractivity contribution in [1.82, 2.24) is 15.1 Å². The first-order valence-corrected chi connectivity index (χ1v) is 9.64. The first-order chi connectivity index (χ1) is 11.3. The van der Waals surface area contributed by atoms with Crippen molar-refractivity contribution >= 4 is 41.3 Å². The zero-order valence-electron chi connectivity index (χ0n) is 14.4. The molecular weight excluding hydrogens is 435 g/mol. The van der Waals surface area contributed by atoms with Crippen LogP contribution in [-0.4, -0.2) is 66.2 Å². The summed E-state index contributed by atoms with van der Waals surface area (Å²) in [5.41, 5.74) is 0. The highest BCUT2D eigenvalue weighted by molar-refractivity contribution is 14.0. The van der Waals surface area contributed by atoms with Gasteiger partial charge >= 0.3 is 0 Å². The van der Waals surface area contributed by atoms with Crippen molar-refractivity contribution in [3.8, 4) is 0 Å². The minimum Gasteiger partial charge on any atom is -0.391 e. The monoisotopic (exact) mass is 464 g/mol. The Kier molecular flexibility index (Phi) is 8.25. The molecule has 1 unspecified atom stereocenters. The van der Waals surface area contributed by atoms with E-state index in [1.165, 1.54) is 30.8 Å². The van der Waals surface area contributed by atoms with E-state index in [0.717, 1.165) is 32.0 Å². The standard InChI is InChI=1S/C17H28N4OS.HI/c1-2-18-17(21-10-7-14(22)13-21)19-12-15(16-6-5-11-23-16)20-8-3-4-9-20;/h5-6,11,14-15,22H,2-4,7-10,12-13H2,1H3,(H,18,19);1H/t14-,15?;/m1./s1.